The van der Waals surface area contributed by atoms with Gasteiger partial charge in [0, 0.05) is 19.0 Å². The van der Waals surface area contributed by atoms with Crippen LogP contribution in [0.2, 0.25) is 0 Å². The number of benzene rings is 1. The van der Waals surface area contributed by atoms with Crippen LogP contribution in [0.5, 0.6) is 0 Å². The predicted molar refractivity (Wildman–Crippen MR) is 91.4 cm³/mol. The first kappa shape index (κ1) is 16.7. The lowest BCUT2D eigenvalue weighted by molar-refractivity contribution is 0.0700. The maximum atomic E-state index is 12.4. The van der Waals surface area contributed by atoms with Crippen LogP contribution in [0, 0.1) is 5.92 Å². The maximum Gasteiger partial charge on any atom is 0.345 e. The zero-order valence-corrected chi connectivity index (χ0v) is 14.0. The van der Waals surface area contributed by atoms with Gasteiger partial charge in [0.25, 0.3) is 5.91 Å². The van der Waals surface area contributed by atoms with E-state index in [4.69, 9.17) is 9.84 Å². The van der Waals surface area contributed by atoms with Gasteiger partial charge in [-0.05, 0) is 24.1 Å². The van der Waals surface area contributed by atoms with Crippen molar-refractivity contribution < 1.29 is 19.4 Å². The van der Waals surface area contributed by atoms with Crippen molar-refractivity contribution in [3.05, 3.63) is 57.8 Å². The maximum absolute atomic E-state index is 12.4. The Bertz CT molecular complexity index is 713. The van der Waals surface area contributed by atoms with E-state index in [1.54, 1.807) is 11.0 Å². The Morgan fingerprint density at radius 1 is 1.17 bits per heavy atom. The van der Waals surface area contributed by atoms with Crippen LogP contribution in [-0.4, -0.2) is 41.6 Å². The molecule has 126 valence electrons. The van der Waals surface area contributed by atoms with Crippen molar-refractivity contribution in [2.75, 3.05) is 19.7 Å². The zero-order valence-electron chi connectivity index (χ0n) is 13.2. The molecule has 1 aromatic heterocycles. The molecule has 1 amide bonds. The van der Waals surface area contributed by atoms with Crippen molar-refractivity contribution in [1.29, 1.82) is 0 Å². The molecule has 1 N–H and O–H groups in total. The number of carboxylic acids is 1. The Hall–Kier alpha value is -2.18. The average Bonchev–Trinajstić information content (AvgIpc) is 3.25. The van der Waals surface area contributed by atoms with Crippen molar-refractivity contribution in [3.8, 4) is 0 Å². The Morgan fingerprint density at radius 3 is 2.62 bits per heavy atom. The number of rotatable bonds is 6. The van der Waals surface area contributed by atoms with Gasteiger partial charge in [0.05, 0.1) is 18.1 Å². The summed E-state index contributed by atoms with van der Waals surface area (Å²) in [6.45, 7) is 2.56. The zero-order chi connectivity index (χ0) is 16.9. The molecule has 0 bridgehead atoms. The summed E-state index contributed by atoms with van der Waals surface area (Å²) in [4.78, 5) is 25.8. The van der Waals surface area contributed by atoms with E-state index in [0.717, 1.165) is 23.3 Å². The fraction of sp³-hybridized carbons (Fsp3) is 0.333. The van der Waals surface area contributed by atoms with Gasteiger partial charge >= 0.3 is 5.97 Å². The Kier molecular flexibility index (Phi) is 5.27. The van der Waals surface area contributed by atoms with Crippen LogP contribution in [0.15, 0.2) is 42.5 Å². The number of likely N-dealkylation sites (tertiary alicyclic amines) is 1. The van der Waals surface area contributed by atoms with Crippen LogP contribution in [0.1, 0.15) is 31.3 Å². The number of nitrogens with zero attached hydrogens (tertiary/aromatic N) is 1. The number of aromatic carboxylic acids is 1. The van der Waals surface area contributed by atoms with E-state index in [-0.39, 0.29) is 10.8 Å². The van der Waals surface area contributed by atoms with Gasteiger partial charge in [-0.25, -0.2) is 4.79 Å². The topological polar surface area (TPSA) is 66.8 Å². The third kappa shape index (κ3) is 4.01. The van der Waals surface area contributed by atoms with E-state index in [2.05, 4.69) is 0 Å². The number of hydrogen-bond acceptors (Lipinski definition) is 4. The van der Waals surface area contributed by atoms with E-state index >= 15 is 0 Å². The monoisotopic (exact) mass is 345 g/mol. The van der Waals surface area contributed by atoms with Crippen LogP contribution in [-0.2, 0) is 11.3 Å². The number of amides is 1. The fourth-order valence-electron chi connectivity index (χ4n) is 2.79. The molecular formula is C18H19NO4S. The van der Waals surface area contributed by atoms with E-state index < -0.39 is 5.97 Å². The van der Waals surface area contributed by atoms with Crippen molar-refractivity contribution in [2.45, 2.75) is 13.0 Å². The van der Waals surface area contributed by atoms with Gasteiger partial charge in [-0.1, -0.05) is 30.3 Å². The Balaban J connectivity index is 1.47. The summed E-state index contributed by atoms with van der Waals surface area (Å²) in [7, 11) is 0. The van der Waals surface area contributed by atoms with Crippen LogP contribution >= 0.6 is 11.3 Å². The number of hydrogen-bond donors (Lipinski definition) is 1. The molecular weight excluding hydrogens is 326 g/mol. The highest BCUT2D eigenvalue weighted by molar-refractivity contribution is 7.15. The predicted octanol–water partition coefficient (Wildman–Crippen LogP) is 3.13. The summed E-state index contributed by atoms with van der Waals surface area (Å²) in [6.07, 6.45) is 0.914. The second kappa shape index (κ2) is 7.59. The van der Waals surface area contributed by atoms with Gasteiger partial charge in [-0.2, -0.15) is 0 Å². The summed E-state index contributed by atoms with van der Waals surface area (Å²) >= 11 is 1.03. The third-order valence-corrected chi connectivity index (χ3v) is 5.13. The molecule has 1 saturated heterocycles. The van der Waals surface area contributed by atoms with E-state index in [9.17, 15) is 9.59 Å². The minimum Gasteiger partial charge on any atom is -0.477 e. The van der Waals surface area contributed by atoms with Crippen LogP contribution in [0.4, 0.5) is 0 Å². The van der Waals surface area contributed by atoms with Crippen molar-refractivity contribution >= 4 is 23.2 Å². The molecule has 3 rings (SSSR count). The second-order valence-corrected chi connectivity index (χ2v) is 6.96. The minimum absolute atomic E-state index is 0.0851. The molecule has 2 aromatic rings. The van der Waals surface area contributed by atoms with Gasteiger partial charge in [0.1, 0.15) is 4.88 Å². The van der Waals surface area contributed by atoms with Gasteiger partial charge in [0.2, 0.25) is 0 Å². The SMILES string of the molecule is O=C(O)c1ccc(C(=O)N2CCC(COCc3ccccc3)C2)s1. The van der Waals surface area contributed by atoms with Gasteiger partial charge < -0.3 is 14.7 Å². The molecule has 1 aromatic carbocycles. The third-order valence-electron chi connectivity index (χ3n) is 4.07. The Morgan fingerprint density at radius 2 is 1.92 bits per heavy atom. The lowest BCUT2D eigenvalue weighted by atomic mass is 10.1. The van der Waals surface area contributed by atoms with Gasteiger partial charge in [-0.15, -0.1) is 11.3 Å². The van der Waals surface area contributed by atoms with E-state index in [1.165, 1.54) is 6.07 Å². The number of thiophene rings is 1. The molecule has 2 heterocycles. The molecule has 0 saturated carbocycles. The minimum atomic E-state index is -0.993. The number of carbonyl (C=O) groups is 2. The smallest absolute Gasteiger partial charge is 0.345 e. The summed E-state index contributed by atoms with van der Waals surface area (Å²) in [5.74, 6) is -0.748. The van der Waals surface area contributed by atoms with Crippen molar-refractivity contribution in [3.63, 3.8) is 0 Å². The molecule has 0 radical (unpaired) electrons. The van der Waals surface area contributed by atoms with Crippen LogP contribution < -0.4 is 0 Å². The molecule has 24 heavy (non-hydrogen) atoms. The second-order valence-electron chi connectivity index (χ2n) is 5.88. The standard InChI is InChI=1S/C18H19NO4S/c20-17(15-6-7-16(24-15)18(21)22)19-9-8-14(10-19)12-23-11-13-4-2-1-3-5-13/h1-7,14H,8-12H2,(H,21,22). The van der Waals surface area contributed by atoms with E-state index in [1.807, 2.05) is 30.3 Å². The van der Waals surface area contributed by atoms with E-state index in [0.29, 0.717) is 37.1 Å². The van der Waals surface area contributed by atoms with Crippen LogP contribution in [0.25, 0.3) is 0 Å². The summed E-state index contributed by atoms with van der Waals surface area (Å²) < 4.78 is 5.76. The Labute approximate surface area is 144 Å². The fourth-order valence-corrected chi connectivity index (χ4v) is 3.61. The summed E-state index contributed by atoms with van der Waals surface area (Å²) in [6, 6.07) is 13.1. The molecule has 5 nitrogen and oxygen atoms in total. The molecule has 1 fully saturated rings. The number of ether oxygens (including phenoxy) is 1. The largest absolute Gasteiger partial charge is 0.477 e. The first-order valence-corrected chi connectivity index (χ1v) is 8.69. The number of carboxylic acid groups (broad SMARTS) is 1. The highest BCUT2D eigenvalue weighted by atomic mass is 32.1. The summed E-state index contributed by atoms with van der Waals surface area (Å²) in [5.41, 5.74) is 1.14. The molecule has 0 aliphatic carbocycles. The normalized spacial score (nSPS) is 17.2. The highest BCUT2D eigenvalue weighted by Gasteiger charge is 2.28. The van der Waals surface area contributed by atoms with Crippen LogP contribution in [0.3, 0.4) is 0 Å². The molecule has 1 unspecified atom stereocenters. The number of carbonyl (C=O) groups excluding carboxylic acids is 1. The quantitative estimate of drug-likeness (QED) is 0.873. The molecule has 1 atom stereocenters. The molecule has 0 spiro atoms. The lowest BCUT2D eigenvalue weighted by Gasteiger charge is -2.15. The molecule has 1 aliphatic heterocycles. The lowest BCUT2D eigenvalue weighted by Crippen LogP contribution is -2.28. The first-order valence-electron chi connectivity index (χ1n) is 7.87. The van der Waals surface area contributed by atoms with Crippen molar-refractivity contribution in [2.24, 2.45) is 5.92 Å². The van der Waals surface area contributed by atoms with Crippen molar-refractivity contribution in [1.82, 2.24) is 4.90 Å². The summed E-state index contributed by atoms with van der Waals surface area (Å²) in [5, 5.41) is 8.95. The first-order chi connectivity index (χ1) is 11.6. The molecule has 6 heteroatoms. The molecule has 1 aliphatic rings. The van der Waals surface area contributed by atoms with Gasteiger partial charge in [0.15, 0.2) is 0 Å². The van der Waals surface area contributed by atoms with Gasteiger partial charge in [-0.3, -0.25) is 4.79 Å². The average molecular weight is 345 g/mol. The highest BCUT2D eigenvalue weighted by Crippen LogP contribution is 2.23.